The van der Waals surface area contributed by atoms with E-state index in [-0.39, 0.29) is 41.4 Å². The summed E-state index contributed by atoms with van der Waals surface area (Å²) >= 11 is 1.37. The van der Waals surface area contributed by atoms with E-state index >= 15 is 0 Å². The SMILES string of the molecule is Cc1ccc([N+](=O)[O-])cc1S(=O)(=O)N1CCC(C(=O)Nc2nc(C(C)C)cs2)CC1. The molecule has 3 rings (SSSR count). The number of anilines is 1. The van der Waals surface area contributed by atoms with E-state index in [4.69, 9.17) is 0 Å². The third-order valence-corrected chi connectivity index (χ3v) is 7.99. The van der Waals surface area contributed by atoms with Crippen LogP contribution in [0.4, 0.5) is 10.8 Å². The highest BCUT2D eigenvalue weighted by Gasteiger charge is 2.33. The van der Waals surface area contributed by atoms with Gasteiger partial charge in [0, 0.05) is 36.5 Å². The van der Waals surface area contributed by atoms with E-state index in [1.54, 1.807) is 6.92 Å². The predicted molar refractivity (Wildman–Crippen MR) is 114 cm³/mol. The lowest BCUT2D eigenvalue weighted by atomic mass is 9.97. The van der Waals surface area contributed by atoms with Gasteiger partial charge in [0.1, 0.15) is 0 Å². The summed E-state index contributed by atoms with van der Waals surface area (Å²) < 4.78 is 27.3. The molecule has 0 saturated carbocycles. The molecule has 0 spiro atoms. The second-order valence-electron chi connectivity index (χ2n) is 7.61. The minimum atomic E-state index is -3.88. The van der Waals surface area contributed by atoms with Crippen molar-refractivity contribution in [3.8, 4) is 0 Å². The number of hydrogen-bond acceptors (Lipinski definition) is 7. The Bertz CT molecular complexity index is 1060. The molecule has 0 radical (unpaired) electrons. The molecule has 1 aliphatic heterocycles. The number of nitro groups is 1. The highest BCUT2D eigenvalue weighted by atomic mass is 32.2. The van der Waals surface area contributed by atoms with Crippen LogP contribution in [0.15, 0.2) is 28.5 Å². The van der Waals surface area contributed by atoms with Gasteiger partial charge >= 0.3 is 0 Å². The normalized spacial score (nSPS) is 16.0. The first-order valence-corrected chi connectivity index (χ1v) is 11.9. The summed E-state index contributed by atoms with van der Waals surface area (Å²) in [6.45, 7) is 6.02. The molecule has 30 heavy (non-hydrogen) atoms. The predicted octanol–water partition coefficient (Wildman–Crippen LogP) is 3.52. The average molecular weight is 453 g/mol. The fourth-order valence-corrected chi connectivity index (χ4v) is 5.88. The maximum Gasteiger partial charge on any atom is 0.270 e. The van der Waals surface area contributed by atoms with Crippen LogP contribution in [-0.4, -0.2) is 41.6 Å². The van der Waals surface area contributed by atoms with E-state index in [1.807, 2.05) is 19.2 Å². The minimum Gasteiger partial charge on any atom is -0.302 e. The first-order chi connectivity index (χ1) is 14.1. The van der Waals surface area contributed by atoms with Crippen molar-refractivity contribution >= 4 is 38.1 Å². The molecule has 1 fully saturated rings. The number of piperidine rings is 1. The second-order valence-corrected chi connectivity index (χ2v) is 10.4. The highest BCUT2D eigenvalue weighted by molar-refractivity contribution is 7.89. The molecule has 9 nitrogen and oxygen atoms in total. The Morgan fingerprint density at radius 3 is 2.57 bits per heavy atom. The minimum absolute atomic E-state index is 0.0661. The largest absolute Gasteiger partial charge is 0.302 e. The molecule has 1 saturated heterocycles. The van der Waals surface area contributed by atoms with Crippen LogP contribution < -0.4 is 5.32 Å². The van der Waals surface area contributed by atoms with Crippen LogP contribution in [0.2, 0.25) is 0 Å². The van der Waals surface area contributed by atoms with Gasteiger partial charge in [-0.15, -0.1) is 11.3 Å². The number of nitro benzene ring substituents is 1. The van der Waals surface area contributed by atoms with Crippen molar-refractivity contribution < 1.29 is 18.1 Å². The Kier molecular flexibility index (Phi) is 6.53. The summed E-state index contributed by atoms with van der Waals surface area (Å²) in [5, 5.41) is 16.3. The molecule has 1 aromatic heterocycles. The van der Waals surface area contributed by atoms with Crippen LogP contribution in [0.5, 0.6) is 0 Å². The van der Waals surface area contributed by atoms with Crippen LogP contribution in [0.25, 0.3) is 0 Å². The highest BCUT2D eigenvalue weighted by Crippen LogP contribution is 2.29. The van der Waals surface area contributed by atoms with Crippen molar-refractivity contribution in [2.75, 3.05) is 18.4 Å². The van der Waals surface area contributed by atoms with Crippen molar-refractivity contribution in [3.05, 3.63) is 45.0 Å². The number of nitrogens with zero attached hydrogens (tertiary/aromatic N) is 3. The molecule has 0 bridgehead atoms. The number of sulfonamides is 1. The van der Waals surface area contributed by atoms with Gasteiger partial charge in [0.05, 0.1) is 15.5 Å². The number of amides is 1. The van der Waals surface area contributed by atoms with Gasteiger partial charge in [-0.05, 0) is 31.2 Å². The molecule has 0 unspecified atom stereocenters. The Morgan fingerprint density at radius 2 is 2.00 bits per heavy atom. The third kappa shape index (κ3) is 4.68. The number of hydrogen-bond donors (Lipinski definition) is 1. The van der Waals surface area contributed by atoms with E-state index in [9.17, 15) is 23.3 Å². The Morgan fingerprint density at radius 1 is 1.33 bits per heavy atom. The summed E-state index contributed by atoms with van der Waals surface area (Å²) in [7, 11) is -3.88. The summed E-state index contributed by atoms with van der Waals surface area (Å²) in [6, 6.07) is 3.82. The Labute approximate surface area is 179 Å². The maximum atomic E-state index is 13.0. The van der Waals surface area contributed by atoms with Crippen LogP contribution in [0.3, 0.4) is 0 Å². The van der Waals surface area contributed by atoms with Crippen LogP contribution >= 0.6 is 11.3 Å². The first kappa shape index (κ1) is 22.3. The lowest BCUT2D eigenvalue weighted by molar-refractivity contribution is -0.385. The summed E-state index contributed by atoms with van der Waals surface area (Å²) in [5.74, 6) is -0.199. The maximum absolute atomic E-state index is 13.0. The number of rotatable bonds is 6. The van der Waals surface area contributed by atoms with Gasteiger partial charge in [-0.3, -0.25) is 14.9 Å². The van der Waals surface area contributed by atoms with E-state index in [2.05, 4.69) is 10.3 Å². The summed E-state index contributed by atoms with van der Waals surface area (Å²) in [4.78, 5) is 27.3. The quantitative estimate of drug-likeness (QED) is 0.528. The van der Waals surface area contributed by atoms with Gasteiger partial charge in [0.25, 0.3) is 5.69 Å². The lowest BCUT2D eigenvalue weighted by Gasteiger charge is -2.30. The fraction of sp³-hybridized carbons (Fsp3) is 0.474. The molecule has 11 heteroatoms. The smallest absolute Gasteiger partial charge is 0.270 e. The molecular formula is C19H24N4O5S2. The van der Waals surface area contributed by atoms with Gasteiger partial charge < -0.3 is 5.32 Å². The molecule has 0 atom stereocenters. The van der Waals surface area contributed by atoms with Crippen LogP contribution in [0, 0.1) is 23.0 Å². The number of aryl methyl sites for hydroxylation is 1. The van der Waals surface area contributed by atoms with Crippen molar-refractivity contribution in [2.45, 2.75) is 44.4 Å². The van der Waals surface area contributed by atoms with Crippen LogP contribution in [0.1, 0.15) is 43.9 Å². The molecule has 1 N–H and O–H groups in total. The van der Waals surface area contributed by atoms with Gasteiger partial charge in [-0.25, -0.2) is 13.4 Å². The standard InChI is InChI=1S/C19H24N4O5S2/c1-12(2)16-11-29-19(20-16)21-18(24)14-6-8-22(9-7-14)30(27,28)17-10-15(23(25)26)5-4-13(17)3/h4-5,10-12,14H,6-9H2,1-3H3,(H,20,21,24). The third-order valence-electron chi connectivity index (χ3n) is 5.17. The van der Waals surface area contributed by atoms with Gasteiger partial charge in [0.2, 0.25) is 15.9 Å². The topological polar surface area (TPSA) is 123 Å². The number of carbonyl (C=O) groups excluding carboxylic acids is 1. The van der Waals surface area contributed by atoms with Crippen molar-refractivity contribution in [2.24, 2.45) is 5.92 Å². The Balaban J connectivity index is 1.66. The van der Waals surface area contributed by atoms with Crippen molar-refractivity contribution in [3.63, 3.8) is 0 Å². The molecule has 1 aliphatic rings. The van der Waals surface area contributed by atoms with Gasteiger partial charge in [0.15, 0.2) is 5.13 Å². The molecule has 162 valence electrons. The number of aromatic nitrogens is 1. The molecule has 2 heterocycles. The molecule has 1 aromatic carbocycles. The van der Waals surface area contributed by atoms with Gasteiger partial charge in [-0.2, -0.15) is 4.31 Å². The summed E-state index contributed by atoms with van der Waals surface area (Å²) in [6.07, 6.45) is 0.753. The number of thiazole rings is 1. The van der Waals surface area contributed by atoms with E-state index in [0.717, 1.165) is 11.8 Å². The zero-order chi connectivity index (χ0) is 22.1. The number of non-ortho nitro benzene ring substituents is 1. The molecule has 2 aromatic rings. The zero-order valence-corrected chi connectivity index (χ0v) is 18.6. The lowest BCUT2D eigenvalue weighted by Crippen LogP contribution is -2.41. The number of carbonyl (C=O) groups is 1. The Hall–Kier alpha value is -2.37. The number of benzene rings is 1. The van der Waals surface area contributed by atoms with Gasteiger partial charge in [-0.1, -0.05) is 19.9 Å². The molecular weight excluding hydrogens is 428 g/mol. The monoisotopic (exact) mass is 452 g/mol. The molecule has 1 amide bonds. The van der Waals surface area contributed by atoms with E-state index in [1.165, 1.54) is 27.8 Å². The van der Waals surface area contributed by atoms with E-state index in [0.29, 0.717) is 23.5 Å². The second kappa shape index (κ2) is 8.78. The molecule has 0 aliphatic carbocycles. The van der Waals surface area contributed by atoms with Crippen molar-refractivity contribution in [1.29, 1.82) is 0 Å². The van der Waals surface area contributed by atoms with E-state index < -0.39 is 14.9 Å². The van der Waals surface area contributed by atoms with Crippen molar-refractivity contribution in [1.82, 2.24) is 9.29 Å². The van der Waals surface area contributed by atoms with Crippen LogP contribution in [-0.2, 0) is 14.8 Å². The number of nitrogens with one attached hydrogen (secondary N) is 1. The average Bonchev–Trinajstić information content (AvgIpc) is 3.17. The first-order valence-electron chi connectivity index (χ1n) is 9.61. The summed E-state index contributed by atoms with van der Waals surface area (Å²) in [5.41, 5.74) is 1.10. The zero-order valence-electron chi connectivity index (χ0n) is 17.0. The fourth-order valence-electron chi connectivity index (χ4n) is 3.29.